The predicted octanol–water partition coefficient (Wildman–Crippen LogP) is 2.71. The molecule has 15 rings (SSSR count). The van der Waals surface area contributed by atoms with Crippen LogP contribution in [-0.4, -0.2) is 87.6 Å². The maximum absolute atomic E-state index is 6.79. The Morgan fingerprint density at radius 3 is 1.22 bits per heavy atom. The Balaban J connectivity index is 1.11. The van der Waals surface area contributed by atoms with Gasteiger partial charge in [0.25, 0.3) is 0 Å². The summed E-state index contributed by atoms with van der Waals surface area (Å²) in [5, 5.41) is 7.04. The highest BCUT2D eigenvalue weighted by Gasteiger charge is 2.37. The Hall–Kier alpha value is -8.96. The number of hydrogen-bond acceptors (Lipinski definition) is 1. The van der Waals surface area contributed by atoms with Crippen LogP contribution in [0.5, 0.6) is 0 Å². The standard InChI is InChI=1S/C72H58B10N2OS/c73-60-58(61(74)65(78)68(81)64(60)77)52-37-43(86(40-18-4-1-5-19-40,41-20-6-2-7-21-41)42-22-8-3-9-23-42)38-53(59-62(75)66(79)69(82)67(80)63(59)76)71(52)84-55-32-14-11-25-45(55)51-36-39(34-35-56(51)84)83-54-31-13-10-24-44(54)47-27-16-28-48(70(47)83)50-30-17-29-49-46-26-12-15-33-57(46)85-72(49)50/h1-38H,73-82H2. The van der Waals surface area contributed by atoms with Gasteiger partial charge in [-0.15, -0.1) is 42.8 Å². The van der Waals surface area contributed by atoms with Gasteiger partial charge in [-0.3, -0.25) is 0 Å². The molecule has 0 aliphatic carbocycles. The van der Waals surface area contributed by atoms with E-state index in [0.29, 0.717) is 0 Å². The van der Waals surface area contributed by atoms with Crippen molar-refractivity contribution in [2.45, 2.75) is 19.6 Å². The van der Waals surface area contributed by atoms with Crippen molar-refractivity contribution in [1.82, 2.24) is 9.13 Å². The van der Waals surface area contributed by atoms with Gasteiger partial charge in [-0.2, -0.15) is 0 Å². The molecule has 3 aromatic heterocycles. The highest BCUT2D eigenvalue weighted by Crippen LogP contribution is 2.74. The minimum Gasteiger partial charge on any atom is -0.455 e. The largest absolute Gasteiger partial charge is 0.455 e. The van der Waals surface area contributed by atoms with Crippen LogP contribution in [0.1, 0.15) is 0 Å². The van der Waals surface area contributed by atoms with Gasteiger partial charge in [-0.25, -0.2) is 0 Å². The van der Waals surface area contributed by atoms with E-state index in [4.69, 9.17) is 4.42 Å². The molecule has 0 N–H and O–H groups in total. The van der Waals surface area contributed by atoms with Gasteiger partial charge in [0, 0.05) is 79.8 Å². The zero-order chi connectivity index (χ0) is 58.9. The van der Waals surface area contributed by atoms with Crippen molar-refractivity contribution in [3.05, 3.63) is 231 Å². The van der Waals surface area contributed by atoms with Crippen LogP contribution in [0.25, 0.3) is 110 Å². The van der Waals surface area contributed by atoms with E-state index in [1.807, 2.05) is 0 Å². The van der Waals surface area contributed by atoms with Crippen LogP contribution in [0.2, 0.25) is 0 Å². The first-order valence-corrected chi connectivity index (χ1v) is 31.8. The topological polar surface area (TPSA) is 23.0 Å². The van der Waals surface area contributed by atoms with E-state index in [1.165, 1.54) is 124 Å². The Kier molecular flexibility index (Phi) is 12.9. The molecule has 0 atom stereocenters. The first kappa shape index (κ1) is 53.7. The molecule has 15 aromatic rings. The molecule has 0 bridgehead atoms. The molecule has 14 heteroatoms. The first-order chi connectivity index (χ1) is 41.9. The molecular formula is C72H58B10N2OS. The van der Waals surface area contributed by atoms with E-state index < -0.39 is 10.0 Å². The normalized spacial score (nSPS) is 12.1. The van der Waals surface area contributed by atoms with Gasteiger partial charge < -0.3 is 13.6 Å². The lowest BCUT2D eigenvalue weighted by Gasteiger charge is -2.43. The molecule has 12 aromatic carbocycles. The average Bonchev–Trinajstić information content (AvgIpc) is 1.25. The van der Waals surface area contributed by atoms with Gasteiger partial charge in [0.05, 0.1) is 27.8 Å². The van der Waals surface area contributed by atoms with Crippen molar-refractivity contribution in [1.29, 1.82) is 0 Å². The average molecular weight is 1110 g/mol. The Morgan fingerprint density at radius 1 is 0.279 bits per heavy atom. The zero-order valence-corrected chi connectivity index (χ0v) is 51.5. The van der Waals surface area contributed by atoms with Crippen LogP contribution in [0.15, 0.2) is 255 Å². The van der Waals surface area contributed by atoms with Gasteiger partial charge in [-0.1, -0.05) is 167 Å². The highest BCUT2D eigenvalue weighted by molar-refractivity contribution is 8.34. The molecule has 0 amide bonds. The lowest BCUT2D eigenvalue weighted by Crippen LogP contribution is -2.55. The van der Waals surface area contributed by atoms with E-state index in [-0.39, 0.29) is 0 Å². The Bertz CT molecular complexity index is 5070. The molecule has 0 saturated heterocycles. The molecule has 3 heterocycles. The summed E-state index contributed by atoms with van der Waals surface area (Å²) in [4.78, 5) is 5.18. The molecule has 0 aliphatic heterocycles. The number of hydrogen-bond donors (Lipinski definition) is 0. The maximum Gasteiger partial charge on any atom is 0.143 e. The van der Waals surface area contributed by atoms with E-state index in [0.717, 1.165) is 60.8 Å². The number of aromatic nitrogens is 2. The van der Waals surface area contributed by atoms with Crippen LogP contribution in [0.3, 0.4) is 0 Å². The second-order valence-electron chi connectivity index (χ2n) is 23.8. The lowest BCUT2D eigenvalue weighted by atomic mass is 9.58. The molecule has 0 saturated carbocycles. The van der Waals surface area contributed by atoms with Crippen LogP contribution in [0, 0.1) is 0 Å². The fraction of sp³-hybridized carbons (Fsp3) is 0. The Labute approximate surface area is 513 Å². The van der Waals surface area contributed by atoms with E-state index in [2.05, 4.69) is 318 Å². The summed E-state index contributed by atoms with van der Waals surface area (Å²) in [6, 6.07) is 86.5. The lowest BCUT2D eigenvalue weighted by molar-refractivity contribution is 0.670. The second-order valence-corrected chi connectivity index (χ2v) is 26.9. The second kappa shape index (κ2) is 20.6. The molecule has 0 spiro atoms. The summed E-state index contributed by atoms with van der Waals surface area (Å²) >= 11 is 0. The third-order valence-corrected chi connectivity index (χ3v) is 23.7. The quantitative estimate of drug-likeness (QED) is 0.205. The Morgan fingerprint density at radius 2 is 0.686 bits per heavy atom. The summed E-state index contributed by atoms with van der Waals surface area (Å²) in [6.45, 7) is 0. The van der Waals surface area contributed by atoms with Crippen molar-refractivity contribution in [3.8, 4) is 44.8 Å². The van der Waals surface area contributed by atoms with E-state index in [1.54, 1.807) is 0 Å². The third-order valence-electron chi connectivity index (χ3n) is 19.8. The molecule has 0 radical (unpaired) electrons. The summed E-state index contributed by atoms with van der Waals surface area (Å²) in [5.74, 6) is 0. The summed E-state index contributed by atoms with van der Waals surface area (Å²) in [6.07, 6.45) is 0. The number of nitrogens with zero attached hydrogens (tertiary/aromatic N) is 2. The van der Waals surface area contributed by atoms with Crippen molar-refractivity contribution in [2.24, 2.45) is 0 Å². The van der Waals surface area contributed by atoms with Crippen molar-refractivity contribution in [3.63, 3.8) is 0 Å². The van der Waals surface area contributed by atoms with Crippen LogP contribution in [-0.2, 0) is 0 Å². The number of furan rings is 1. The number of fused-ring (bicyclic) bond motifs is 9. The molecule has 0 fully saturated rings. The van der Waals surface area contributed by atoms with Crippen LogP contribution in [0.4, 0.5) is 0 Å². The van der Waals surface area contributed by atoms with Crippen molar-refractivity contribution in [2.75, 3.05) is 0 Å². The molecule has 3 nitrogen and oxygen atoms in total. The highest BCUT2D eigenvalue weighted by atomic mass is 32.3. The van der Waals surface area contributed by atoms with Crippen LogP contribution >= 0.6 is 10.0 Å². The summed E-state index contributed by atoms with van der Waals surface area (Å²) in [5.41, 5.74) is 29.2. The van der Waals surface area contributed by atoms with Crippen LogP contribution < -0.4 is 54.6 Å². The fourth-order valence-electron chi connectivity index (χ4n) is 14.7. The van der Waals surface area contributed by atoms with Crippen molar-refractivity contribution < 1.29 is 4.42 Å². The molecule has 398 valence electrons. The maximum atomic E-state index is 6.79. The molecular weight excluding hydrogens is 1050 g/mol. The van der Waals surface area contributed by atoms with Gasteiger partial charge in [-0.05, 0) is 96.1 Å². The smallest absolute Gasteiger partial charge is 0.143 e. The SMILES string of the molecule is Bc1c(B)c(B)c(-c2cc(S(c3ccccc3)(c3ccccc3)c3ccccc3)cc(-c3c(B)c(B)c(B)c(B)c3B)c2-n2c3ccccc3c3cc(-n4c5ccccc5c5cccc(-c6cccc7c6oc6ccccc67)c54)ccc32)c(B)c1B. The molecule has 86 heavy (non-hydrogen) atoms. The number of rotatable bonds is 9. The van der Waals surface area contributed by atoms with Gasteiger partial charge in [0.15, 0.2) is 0 Å². The van der Waals surface area contributed by atoms with Gasteiger partial charge >= 0.3 is 0 Å². The third kappa shape index (κ3) is 7.84. The number of para-hydroxylation sites is 5. The van der Waals surface area contributed by atoms with Crippen molar-refractivity contribution >= 4 is 209 Å². The first-order valence-electron chi connectivity index (χ1n) is 30.2. The summed E-state index contributed by atoms with van der Waals surface area (Å²) in [7, 11) is 21.2. The summed E-state index contributed by atoms with van der Waals surface area (Å²) < 4.78 is 11.9. The number of benzene rings is 12. The van der Waals surface area contributed by atoms with E-state index in [9.17, 15) is 0 Å². The minimum atomic E-state index is -2.18. The predicted molar refractivity (Wildman–Crippen MR) is 400 cm³/mol. The zero-order valence-electron chi connectivity index (χ0n) is 50.7. The molecule has 0 unspecified atom stereocenters. The fourth-order valence-corrected chi connectivity index (χ4v) is 18.6. The minimum absolute atomic E-state index is 0.894. The van der Waals surface area contributed by atoms with Gasteiger partial charge in [0.2, 0.25) is 0 Å². The van der Waals surface area contributed by atoms with E-state index >= 15 is 0 Å². The molecule has 0 aliphatic rings. The van der Waals surface area contributed by atoms with Gasteiger partial charge in [0.1, 0.15) is 89.6 Å². The monoisotopic (exact) mass is 1110 g/mol.